The van der Waals surface area contributed by atoms with E-state index in [0.29, 0.717) is 5.57 Å². The number of ketones is 1. The molecule has 0 amide bonds. The maximum Gasteiger partial charge on any atom is 0.163 e. The summed E-state index contributed by atoms with van der Waals surface area (Å²) in [5, 5.41) is 0. The second kappa shape index (κ2) is 2.54. The van der Waals surface area contributed by atoms with Crippen molar-refractivity contribution in [2.45, 2.75) is 6.92 Å². The van der Waals surface area contributed by atoms with Crippen LogP contribution in [-0.4, -0.2) is 30.8 Å². The van der Waals surface area contributed by atoms with E-state index in [9.17, 15) is 4.79 Å². The third-order valence-corrected chi connectivity index (χ3v) is 1.86. The molecule has 10 heavy (non-hydrogen) atoms. The number of hydrogen-bond donors (Lipinski definition) is 0. The first-order valence-corrected chi connectivity index (χ1v) is 3.49. The molecule has 56 valence electrons. The van der Waals surface area contributed by atoms with Gasteiger partial charge in [0.25, 0.3) is 0 Å². The van der Waals surface area contributed by atoms with Crippen molar-refractivity contribution < 1.29 is 4.79 Å². The number of carbonyl (C=O) groups is 1. The van der Waals surface area contributed by atoms with Crippen molar-refractivity contribution in [2.24, 2.45) is 5.92 Å². The first-order valence-electron chi connectivity index (χ1n) is 3.49. The van der Waals surface area contributed by atoms with Gasteiger partial charge in [0.2, 0.25) is 0 Å². The van der Waals surface area contributed by atoms with Gasteiger partial charge in [-0.25, -0.2) is 0 Å². The summed E-state index contributed by atoms with van der Waals surface area (Å²) in [6.07, 6.45) is 0. The Morgan fingerprint density at radius 3 is 2.40 bits per heavy atom. The van der Waals surface area contributed by atoms with E-state index < -0.39 is 0 Å². The summed E-state index contributed by atoms with van der Waals surface area (Å²) in [7, 11) is 2.02. The zero-order valence-electron chi connectivity index (χ0n) is 6.55. The van der Waals surface area contributed by atoms with Gasteiger partial charge >= 0.3 is 0 Å². The second-order valence-corrected chi connectivity index (χ2v) is 3.06. The van der Waals surface area contributed by atoms with Crippen LogP contribution < -0.4 is 0 Å². The molecule has 0 aromatic heterocycles. The van der Waals surface area contributed by atoms with Crippen LogP contribution in [0.4, 0.5) is 0 Å². The topological polar surface area (TPSA) is 20.3 Å². The summed E-state index contributed by atoms with van der Waals surface area (Å²) >= 11 is 0. The molecule has 0 atom stereocenters. The number of allylic oxidation sites excluding steroid dienone is 1. The maximum absolute atomic E-state index is 11.1. The lowest BCUT2D eigenvalue weighted by Crippen LogP contribution is -2.47. The molecule has 1 aliphatic heterocycles. The van der Waals surface area contributed by atoms with E-state index >= 15 is 0 Å². The summed E-state index contributed by atoms with van der Waals surface area (Å²) in [4.78, 5) is 13.3. The lowest BCUT2D eigenvalue weighted by molar-refractivity contribution is -0.123. The molecule has 2 heteroatoms. The Labute approximate surface area is 61.5 Å². The third-order valence-electron chi connectivity index (χ3n) is 1.86. The van der Waals surface area contributed by atoms with Gasteiger partial charge in [-0.2, -0.15) is 0 Å². The van der Waals surface area contributed by atoms with E-state index in [2.05, 4.69) is 11.5 Å². The van der Waals surface area contributed by atoms with E-state index in [1.807, 2.05) is 7.05 Å². The van der Waals surface area contributed by atoms with Crippen LogP contribution in [0.5, 0.6) is 0 Å². The van der Waals surface area contributed by atoms with Crippen LogP contribution in [-0.2, 0) is 4.79 Å². The Hall–Kier alpha value is -0.630. The highest BCUT2D eigenvalue weighted by Crippen LogP contribution is 2.16. The lowest BCUT2D eigenvalue weighted by atomic mass is 9.92. The van der Waals surface area contributed by atoms with Crippen LogP contribution in [0.3, 0.4) is 0 Å². The lowest BCUT2D eigenvalue weighted by Gasteiger charge is -2.34. The highest BCUT2D eigenvalue weighted by Gasteiger charge is 2.29. The molecule has 0 N–H and O–H groups in total. The highest BCUT2D eigenvalue weighted by molar-refractivity contribution is 5.96. The molecule has 1 rings (SSSR count). The minimum atomic E-state index is 0.234. The van der Waals surface area contributed by atoms with Crippen molar-refractivity contribution >= 4 is 5.78 Å². The van der Waals surface area contributed by atoms with E-state index in [1.54, 1.807) is 6.92 Å². The molecule has 1 heterocycles. The van der Waals surface area contributed by atoms with Crippen LogP contribution in [0.2, 0.25) is 0 Å². The first-order chi connectivity index (χ1) is 4.61. The predicted molar refractivity (Wildman–Crippen MR) is 40.8 cm³/mol. The van der Waals surface area contributed by atoms with E-state index in [0.717, 1.165) is 13.1 Å². The normalized spacial score (nSPS) is 20.2. The molecule has 0 unspecified atom stereocenters. The van der Waals surface area contributed by atoms with Crippen molar-refractivity contribution in [3.63, 3.8) is 0 Å². The molecule has 1 fully saturated rings. The molecule has 0 aromatic rings. The quantitative estimate of drug-likeness (QED) is 0.525. The number of rotatable bonds is 2. The molecule has 0 aromatic carbocycles. The number of hydrogen-bond acceptors (Lipinski definition) is 2. The molecular weight excluding hydrogens is 126 g/mol. The Bertz CT molecular complexity index is 168. The number of likely N-dealkylation sites (tertiary alicyclic amines) is 1. The van der Waals surface area contributed by atoms with Gasteiger partial charge in [-0.05, 0) is 19.5 Å². The molecule has 1 saturated heterocycles. The van der Waals surface area contributed by atoms with Gasteiger partial charge in [0, 0.05) is 19.0 Å². The van der Waals surface area contributed by atoms with Crippen LogP contribution >= 0.6 is 0 Å². The number of carbonyl (C=O) groups excluding carboxylic acids is 1. The molecule has 0 saturated carbocycles. The predicted octanol–water partition coefficient (Wildman–Crippen LogP) is 0.693. The average Bonchev–Trinajstić information content (AvgIpc) is 1.79. The van der Waals surface area contributed by atoms with Gasteiger partial charge < -0.3 is 4.90 Å². The van der Waals surface area contributed by atoms with Gasteiger partial charge in [0.05, 0.1) is 0 Å². The first kappa shape index (κ1) is 7.48. The monoisotopic (exact) mass is 139 g/mol. The molecule has 0 aliphatic carbocycles. The molecule has 2 nitrogen and oxygen atoms in total. The summed E-state index contributed by atoms with van der Waals surface area (Å²) in [5.74, 6) is 0.473. The Balaban J connectivity index is 2.38. The standard InChI is InChI=1S/C8H13NO/c1-6(2)8(10)7-4-9(3)5-7/h7H,1,4-5H2,2-3H3. The number of Topliss-reactive ketones (excluding diaryl/α,β-unsaturated/α-hetero) is 1. The smallest absolute Gasteiger partial charge is 0.163 e. The van der Waals surface area contributed by atoms with Gasteiger partial charge in [-0.15, -0.1) is 0 Å². The second-order valence-electron chi connectivity index (χ2n) is 3.06. The van der Waals surface area contributed by atoms with Crippen LogP contribution in [0.15, 0.2) is 12.2 Å². The largest absolute Gasteiger partial charge is 0.305 e. The summed E-state index contributed by atoms with van der Waals surface area (Å²) < 4.78 is 0. The minimum absolute atomic E-state index is 0.234. The maximum atomic E-state index is 11.1. The molecule has 1 aliphatic rings. The van der Waals surface area contributed by atoms with Crippen molar-refractivity contribution in [1.82, 2.24) is 4.90 Å². The zero-order chi connectivity index (χ0) is 7.72. The summed E-state index contributed by atoms with van der Waals surface area (Å²) in [6.45, 7) is 7.21. The zero-order valence-corrected chi connectivity index (χ0v) is 6.55. The van der Waals surface area contributed by atoms with Gasteiger partial charge in [-0.1, -0.05) is 6.58 Å². The molecule has 0 bridgehead atoms. The Kier molecular flexibility index (Phi) is 1.90. The summed E-state index contributed by atoms with van der Waals surface area (Å²) in [6, 6.07) is 0. The number of nitrogens with zero attached hydrogens (tertiary/aromatic N) is 1. The summed E-state index contributed by atoms with van der Waals surface area (Å²) in [5.41, 5.74) is 0.693. The van der Waals surface area contributed by atoms with E-state index in [-0.39, 0.29) is 11.7 Å². The van der Waals surface area contributed by atoms with Crippen LogP contribution in [0, 0.1) is 5.92 Å². The van der Waals surface area contributed by atoms with E-state index in [4.69, 9.17) is 0 Å². The molecular formula is C8H13NO. The highest BCUT2D eigenvalue weighted by atomic mass is 16.1. The van der Waals surface area contributed by atoms with Crippen molar-refractivity contribution in [3.8, 4) is 0 Å². The Morgan fingerprint density at radius 2 is 2.10 bits per heavy atom. The van der Waals surface area contributed by atoms with E-state index in [1.165, 1.54) is 0 Å². The third kappa shape index (κ3) is 1.27. The molecule has 0 radical (unpaired) electrons. The fraction of sp³-hybridized carbons (Fsp3) is 0.625. The van der Waals surface area contributed by atoms with Gasteiger partial charge in [-0.3, -0.25) is 4.79 Å². The van der Waals surface area contributed by atoms with Crippen molar-refractivity contribution in [3.05, 3.63) is 12.2 Å². The fourth-order valence-corrected chi connectivity index (χ4v) is 1.21. The average molecular weight is 139 g/mol. The van der Waals surface area contributed by atoms with Crippen LogP contribution in [0.1, 0.15) is 6.92 Å². The minimum Gasteiger partial charge on any atom is -0.305 e. The Morgan fingerprint density at radius 1 is 1.60 bits per heavy atom. The fourth-order valence-electron chi connectivity index (χ4n) is 1.21. The van der Waals surface area contributed by atoms with Crippen molar-refractivity contribution in [1.29, 1.82) is 0 Å². The SMILES string of the molecule is C=C(C)C(=O)C1CN(C)C1. The van der Waals surface area contributed by atoms with Gasteiger partial charge in [0.1, 0.15) is 0 Å². The molecule has 0 spiro atoms. The van der Waals surface area contributed by atoms with Crippen molar-refractivity contribution in [2.75, 3.05) is 20.1 Å². The van der Waals surface area contributed by atoms with Crippen LogP contribution in [0.25, 0.3) is 0 Å². The van der Waals surface area contributed by atoms with Gasteiger partial charge in [0.15, 0.2) is 5.78 Å².